The number of nitrogens with zero attached hydrogens (tertiary/aromatic N) is 3. The summed E-state index contributed by atoms with van der Waals surface area (Å²) in [4.78, 5) is 34.4. The van der Waals surface area contributed by atoms with E-state index in [4.69, 9.17) is 4.98 Å². The van der Waals surface area contributed by atoms with Crippen LogP contribution in [-0.4, -0.2) is 44.9 Å². The number of aryl methyl sites for hydroxylation is 2. The molecule has 3 heterocycles. The molecule has 2 fully saturated rings. The maximum Gasteiger partial charge on any atom is 0.253 e. The molecule has 6 nitrogen and oxygen atoms in total. The molecule has 1 aromatic carbocycles. The number of Topliss-reactive ketones (excluding diaryl/α,β-unsaturated/α-hetero) is 1. The minimum absolute atomic E-state index is 0.0216. The second-order valence-corrected chi connectivity index (χ2v) is 11.9. The Morgan fingerprint density at radius 2 is 1.88 bits per heavy atom. The van der Waals surface area contributed by atoms with Crippen LogP contribution < -0.4 is 0 Å². The van der Waals surface area contributed by atoms with Gasteiger partial charge in [0, 0.05) is 40.8 Å². The number of aromatic amines is 1. The van der Waals surface area contributed by atoms with E-state index in [9.17, 15) is 9.59 Å². The highest BCUT2D eigenvalue weighted by Crippen LogP contribution is 2.49. The van der Waals surface area contributed by atoms with Gasteiger partial charge in [0.15, 0.2) is 5.78 Å². The van der Waals surface area contributed by atoms with Gasteiger partial charge in [-0.1, -0.05) is 13.3 Å². The smallest absolute Gasteiger partial charge is 0.253 e. The first-order valence-corrected chi connectivity index (χ1v) is 12.9. The molecule has 1 amide bonds. The van der Waals surface area contributed by atoms with Crippen LogP contribution in [0.25, 0.3) is 10.9 Å². The summed E-state index contributed by atoms with van der Waals surface area (Å²) in [6.07, 6.45) is 6.87. The third kappa shape index (κ3) is 3.27. The molecule has 1 saturated carbocycles. The Bertz CT molecular complexity index is 1290. The van der Waals surface area contributed by atoms with Gasteiger partial charge in [-0.15, -0.1) is 11.3 Å². The summed E-state index contributed by atoms with van der Waals surface area (Å²) in [6.45, 7) is 7.66. The highest BCUT2D eigenvalue weighted by molar-refractivity contribution is 7.12. The van der Waals surface area contributed by atoms with Gasteiger partial charge >= 0.3 is 0 Å². The van der Waals surface area contributed by atoms with Gasteiger partial charge in [-0.05, 0) is 69.1 Å². The Balaban J connectivity index is 1.20. The molecule has 0 radical (unpaired) electrons. The zero-order valence-electron chi connectivity index (χ0n) is 19.6. The molecule has 1 aliphatic heterocycles. The molecule has 0 bridgehead atoms. The molecule has 172 valence electrons. The van der Waals surface area contributed by atoms with Crippen LogP contribution in [0.15, 0.2) is 12.1 Å². The summed E-state index contributed by atoms with van der Waals surface area (Å²) in [5, 5.41) is 9.53. The number of fused-ring (bicyclic) bond motifs is 2. The van der Waals surface area contributed by atoms with E-state index in [0.29, 0.717) is 19.5 Å². The molecule has 1 spiro atoms. The maximum absolute atomic E-state index is 13.3. The number of nitrogens with one attached hydrogen (secondary N) is 1. The summed E-state index contributed by atoms with van der Waals surface area (Å²) >= 11 is 1.78. The molecule has 0 atom stereocenters. The first-order valence-electron chi connectivity index (χ1n) is 12.1. The van der Waals surface area contributed by atoms with Gasteiger partial charge in [-0.25, -0.2) is 4.98 Å². The quantitative estimate of drug-likeness (QED) is 0.573. The summed E-state index contributed by atoms with van der Waals surface area (Å²) in [5.74, 6) is 0.286. The number of aromatic nitrogens is 3. The van der Waals surface area contributed by atoms with Crippen LogP contribution in [0.1, 0.15) is 87.4 Å². The Hall–Kier alpha value is -2.54. The van der Waals surface area contributed by atoms with Gasteiger partial charge in [0.05, 0.1) is 16.2 Å². The molecule has 33 heavy (non-hydrogen) atoms. The van der Waals surface area contributed by atoms with Crippen molar-refractivity contribution < 1.29 is 9.59 Å². The van der Waals surface area contributed by atoms with Gasteiger partial charge in [-0.2, -0.15) is 5.10 Å². The summed E-state index contributed by atoms with van der Waals surface area (Å²) in [5.41, 5.74) is 4.57. The average Bonchev–Trinajstić information content (AvgIpc) is 3.37. The number of thiazole rings is 1. The van der Waals surface area contributed by atoms with Gasteiger partial charge in [0.2, 0.25) is 0 Å². The number of hydrogen-bond donors (Lipinski definition) is 1. The second-order valence-electron chi connectivity index (χ2n) is 10.8. The maximum atomic E-state index is 13.3. The van der Waals surface area contributed by atoms with Crippen LogP contribution in [0.2, 0.25) is 0 Å². The molecule has 0 unspecified atom stereocenters. The number of ketones is 1. The number of piperidine rings is 1. The number of carbonyl (C=O) groups excluding carboxylic acids is 2. The number of benzene rings is 1. The van der Waals surface area contributed by atoms with Crippen molar-refractivity contribution in [3.8, 4) is 0 Å². The third-order valence-corrected chi connectivity index (χ3v) is 9.79. The van der Waals surface area contributed by atoms with Crippen molar-refractivity contribution in [3.63, 3.8) is 0 Å². The predicted molar refractivity (Wildman–Crippen MR) is 129 cm³/mol. The van der Waals surface area contributed by atoms with E-state index in [1.807, 2.05) is 30.9 Å². The molecule has 2 aromatic heterocycles. The van der Waals surface area contributed by atoms with Crippen LogP contribution in [0.3, 0.4) is 0 Å². The standard InChI is InChI=1S/C26H30N4O2S/c1-15-11-17(12-18-16(2)28-29-21(15)18)23(32)30-9-7-26(8-10-30)13-19(31)22-20(14-26)33-24(27-22)25(3)5-4-6-25/h11-12H,4-10,13-14H2,1-3H3,(H,28,29). The van der Waals surface area contributed by atoms with Crippen molar-refractivity contribution in [2.24, 2.45) is 5.41 Å². The van der Waals surface area contributed by atoms with E-state index in [1.54, 1.807) is 11.3 Å². The zero-order valence-corrected chi connectivity index (χ0v) is 20.4. The minimum atomic E-state index is -0.0216. The van der Waals surface area contributed by atoms with Crippen molar-refractivity contribution in [1.29, 1.82) is 0 Å². The minimum Gasteiger partial charge on any atom is -0.339 e. The first-order chi connectivity index (χ1) is 15.8. The normalized spacial score (nSPS) is 21.3. The Morgan fingerprint density at radius 3 is 2.58 bits per heavy atom. The number of H-pyrrole nitrogens is 1. The SMILES string of the molecule is Cc1n[nH]c2c(C)cc(C(=O)N3CCC4(CC3)CC(=O)c3nc(C5(C)CCC5)sc3C4)cc12. The number of carbonyl (C=O) groups is 2. The molecule has 3 aromatic rings. The molecule has 2 aliphatic carbocycles. The molecule has 3 aliphatic rings. The monoisotopic (exact) mass is 462 g/mol. The lowest BCUT2D eigenvalue weighted by molar-refractivity contribution is 0.0522. The van der Waals surface area contributed by atoms with Crippen LogP contribution in [0.4, 0.5) is 0 Å². The molecule has 1 N–H and O–H groups in total. The van der Waals surface area contributed by atoms with E-state index >= 15 is 0 Å². The molecule has 7 heteroatoms. The summed E-state index contributed by atoms with van der Waals surface area (Å²) in [7, 11) is 0. The molecular weight excluding hydrogens is 432 g/mol. The average molecular weight is 463 g/mol. The number of amides is 1. The van der Waals surface area contributed by atoms with Crippen molar-refractivity contribution in [1.82, 2.24) is 20.1 Å². The number of likely N-dealkylation sites (tertiary alicyclic amines) is 1. The van der Waals surface area contributed by atoms with E-state index < -0.39 is 0 Å². The van der Waals surface area contributed by atoms with E-state index in [1.165, 1.54) is 24.1 Å². The molecular formula is C26H30N4O2S. The van der Waals surface area contributed by atoms with Crippen molar-refractivity contribution in [2.45, 2.75) is 71.1 Å². The highest BCUT2D eigenvalue weighted by atomic mass is 32.1. The van der Waals surface area contributed by atoms with Gasteiger partial charge in [0.1, 0.15) is 5.69 Å². The second kappa shape index (κ2) is 7.23. The van der Waals surface area contributed by atoms with Crippen LogP contribution >= 0.6 is 11.3 Å². The number of hydrogen-bond acceptors (Lipinski definition) is 5. The van der Waals surface area contributed by atoms with E-state index in [-0.39, 0.29) is 22.5 Å². The first kappa shape index (κ1) is 21.0. The fourth-order valence-corrected chi connectivity index (χ4v) is 7.42. The lowest BCUT2D eigenvalue weighted by Crippen LogP contribution is -2.46. The Kier molecular flexibility index (Phi) is 4.60. The van der Waals surface area contributed by atoms with Crippen molar-refractivity contribution >= 4 is 33.9 Å². The van der Waals surface area contributed by atoms with E-state index in [0.717, 1.165) is 57.7 Å². The third-order valence-electron chi connectivity index (χ3n) is 8.42. The molecule has 6 rings (SSSR count). The van der Waals surface area contributed by atoms with Gasteiger partial charge in [0.25, 0.3) is 5.91 Å². The summed E-state index contributed by atoms with van der Waals surface area (Å²) < 4.78 is 0. The molecule has 1 saturated heterocycles. The topological polar surface area (TPSA) is 79.0 Å². The Labute approximate surface area is 197 Å². The Morgan fingerprint density at radius 1 is 1.12 bits per heavy atom. The lowest BCUT2D eigenvalue weighted by Gasteiger charge is -2.43. The fraction of sp³-hybridized carbons (Fsp3) is 0.538. The largest absolute Gasteiger partial charge is 0.339 e. The van der Waals surface area contributed by atoms with Crippen LogP contribution in [0.5, 0.6) is 0 Å². The fourth-order valence-electron chi connectivity index (χ4n) is 5.96. The van der Waals surface area contributed by atoms with Crippen LogP contribution in [0, 0.1) is 19.3 Å². The van der Waals surface area contributed by atoms with Gasteiger partial charge in [-0.3, -0.25) is 14.7 Å². The van der Waals surface area contributed by atoms with Crippen molar-refractivity contribution in [2.75, 3.05) is 13.1 Å². The summed E-state index contributed by atoms with van der Waals surface area (Å²) in [6, 6.07) is 3.92. The number of rotatable bonds is 2. The van der Waals surface area contributed by atoms with Crippen LogP contribution in [-0.2, 0) is 11.8 Å². The lowest BCUT2D eigenvalue weighted by atomic mass is 9.68. The zero-order chi connectivity index (χ0) is 23.0. The van der Waals surface area contributed by atoms with E-state index in [2.05, 4.69) is 17.1 Å². The van der Waals surface area contributed by atoms with Gasteiger partial charge < -0.3 is 4.90 Å². The highest BCUT2D eigenvalue weighted by Gasteiger charge is 2.45. The predicted octanol–water partition coefficient (Wildman–Crippen LogP) is 5.13. The van der Waals surface area contributed by atoms with Crippen molar-refractivity contribution in [3.05, 3.63) is 44.5 Å².